The minimum absolute atomic E-state index is 0.424. The molecule has 1 saturated carbocycles. The van der Waals surface area contributed by atoms with Crippen LogP contribution < -0.4 is 10.6 Å². The van der Waals surface area contributed by atoms with E-state index in [0.717, 1.165) is 5.82 Å². The molecule has 0 saturated heterocycles. The van der Waals surface area contributed by atoms with Gasteiger partial charge in [-0.3, -0.25) is 0 Å². The van der Waals surface area contributed by atoms with Crippen LogP contribution in [0.2, 0.25) is 0 Å². The molecule has 5 heteroatoms. The zero-order valence-corrected chi connectivity index (χ0v) is 11.9. The van der Waals surface area contributed by atoms with Crippen molar-refractivity contribution in [3.8, 4) is 0 Å². The summed E-state index contributed by atoms with van der Waals surface area (Å²) >= 11 is 0. The molecular formula is C14H24N4O. The lowest BCUT2D eigenvalue weighted by atomic mass is 9.94. The Hall–Kier alpha value is -1.36. The van der Waals surface area contributed by atoms with Crippen molar-refractivity contribution < 1.29 is 4.74 Å². The highest BCUT2D eigenvalue weighted by atomic mass is 16.5. The molecule has 0 amide bonds. The second-order valence-corrected chi connectivity index (χ2v) is 5.11. The fraction of sp³-hybridized carbons (Fsp3) is 0.714. The topological polar surface area (TPSA) is 64.3 Å². The SMILES string of the molecule is CCOCc1nc(N)cc(N(C)C2CCCCC2)n1. The van der Waals surface area contributed by atoms with E-state index in [4.69, 9.17) is 10.5 Å². The Bertz CT molecular complexity index is 404. The maximum atomic E-state index is 5.87. The van der Waals surface area contributed by atoms with Crippen LogP contribution >= 0.6 is 0 Å². The largest absolute Gasteiger partial charge is 0.384 e. The number of rotatable bonds is 5. The zero-order valence-electron chi connectivity index (χ0n) is 11.9. The highest BCUT2D eigenvalue weighted by molar-refractivity contribution is 5.47. The van der Waals surface area contributed by atoms with E-state index < -0.39 is 0 Å². The molecule has 0 atom stereocenters. The molecule has 106 valence electrons. The predicted molar refractivity (Wildman–Crippen MR) is 77.1 cm³/mol. The summed E-state index contributed by atoms with van der Waals surface area (Å²) in [4.78, 5) is 11.0. The Labute approximate surface area is 115 Å². The number of hydrogen-bond acceptors (Lipinski definition) is 5. The van der Waals surface area contributed by atoms with Gasteiger partial charge in [-0.25, -0.2) is 9.97 Å². The van der Waals surface area contributed by atoms with E-state index in [1.807, 2.05) is 13.0 Å². The molecule has 1 aliphatic carbocycles. The number of nitrogens with two attached hydrogens (primary N) is 1. The van der Waals surface area contributed by atoms with E-state index in [2.05, 4.69) is 21.9 Å². The van der Waals surface area contributed by atoms with Crippen LogP contribution in [0.4, 0.5) is 11.6 Å². The second-order valence-electron chi connectivity index (χ2n) is 5.11. The van der Waals surface area contributed by atoms with Gasteiger partial charge in [-0.15, -0.1) is 0 Å². The van der Waals surface area contributed by atoms with Gasteiger partial charge in [-0.2, -0.15) is 0 Å². The molecule has 1 aliphatic rings. The average Bonchev–Trinajstić information content (AvgIpc) is 2.44. The molecule has 0 aromatic carbocycles. The van der Waals surface area contributed by atoms with E-state index >= 15 is 0 Å². The maximum absolute atomic E-state index is 5.87. The van der Waals surface area contributed by atoms with Crippen molar-refractivity contribution in [1.29, 1.82) is 0 Å². The summed E-state index contributed by atoms with van der Waals surface area (Å²) in [5.74, 6) is 2.09. The molecule has 0 spiro atoms. The average molecular weight is 264 g/mol. The molecule has 2 rings (SSSR count). The number of ether oxygens (including phenoxy) is 1. The van der Waals surface area contributed by atoms with Crippen molar-refractivity contribution in [2.24, 2.45) is 0 Å². The first-order valence-corrected chi connectivity index (χ1v) is 7.14. The number of nitrogen functional groups attached to an aromatic ring is 1. The van der Waals surface area contributed by atoms with Crippen LogP contribution in [0.15, 0.2) is 6.07 Å². The van der Waals surface area contributed by atoms with Gasteiger partial charge in [0.15, 0.2) is 5.82 Å². The molecule has 2 N–H and O–H groups in total. The number of hydrogen-bond donors (Lipinski definition) is 1. The van der Waals surface area contributed by atoms with Crippen molar-refractivity contribution in [3.05, 3.63) is 11.9 Å². The molecule has 1 aromatic heterocycles. The molecule has 0 aliphatic heterocycles. The summed E-state index contributed by atoms with van der Waals surface area (Å²) in [6, 6.07) is 2.42. The van der Waals surface area contributed by atoms with Crippen molar-refractivity contribution in [2.45, 2.75) is 51.7 Å². The Morgan fingerprint density at radius 1 is 1.32 bits per heavy atom. The Morgan fingerprint density at radius 3 is 2.74 bits per heavy atom. The van der Waals surface area contributed by atoms with Gasteiger partial charge in [0, 0.05) is 25.8 Å². The van der Waals surface area contributed by atoms with Gasteiger partial charge in [0.25, 0.3) is 0 Å². The normalized spacial score (nSPS) is 16.5. The number of aromatic nitrogens is 2. The van der Waals surface area contributed by atoms with Gasteiger partial charge in [-0.1, -0.05) is 19.3 Å². The molecule has 1 aromatic rings. The quantitative estimate of drug-likeness (QED) is 0.884. The third kappa shape index (κ3) is 3.80. The maximum Gasteiger partial charge on any atom is 0.158 e. The molecule has 5 nitrogen and oxygen atoms in total. The first kappa shape index (κ1) is 14.1. The van der Waals surface area contributed by atoms with Crippen LogP contribution in [-0.4, -0.2) is 29.7 Å². The molecule has 1 heterocycles. The Morgan fingerprint density at radius 2 is 2.05 bits per heavy atom. The van der Waals surface area contributed by atoms with E-state index in [9.17, 15) is 0 Å². The highest BCUT2D eigenvalue weighted by Crippen LogP contribution is 2.25. The van der Waals surface area contributed by atoms with E-state index in [1.54, 1.807) is 0 Å². The van der Waals surface area contributed by atoms with Gasteiger partial charge in [-0.05, 0) is 19.8 Å². The smallest absolute Gasteiger partial charge is 0.158 e. The van der Waals surface area contributed by atoms with Crippen molar-refractivity contribution >= 4 is 11.6 Å². The lowest BCUT2D eigenvalue weighted by Crippen LogP contribution is -2.34. The Kier molecular flexibility index (Phi) is 4.96. The predicted octanol–water partition coefficient (Wildman–Crippen LogP) is 2.36. The van der Waals surface area contributed by atoms with Crippen molar-refractivity contribution in [2.75, 3.05) is 24.3 Å². The summed E-state index contributed by atoms with van der Waals surface area (Å²) in [7, 11) is 2.10. The lowest BCUT2D eigenvalue weighted by Gasteiger charge is -2.32. The number of anilines is 2. The molecular weight excluding hydrogens is 240 g/mol. The summed E-state index contributed by atoms with van der Waals surface area (Å²) in [6.07, 6.45) is 6.44. The van der Waals surface area contributed by atoms with Gasteiger partial charge < -0.3 is 15.4 Å². The third-order valence-electron chi connectivity index (χ3n) is 3.70. The summed E-state index contributed by atoms with van der Waals surface area (Å²) in [5, 5.41) is 0. The summed E-state index contributed by atoms with van der Waals surface area (Å²) < 4.78 is 5.36. The van der Waals surface area contributed by atoms with Gasteiger partial charge >= 0.3 is 0 Å². The van der Waals surface area contributed by atoms with Crippen molar-refractivity contribution in [3.63, 3.8) is 0 Å². The first-order valence-electron chi connectivity index (χ1n) is 7.14. The minimum atomic E-state index is 0.424. The van der Waals surface area contributed by atoms with Crippen LogP contribution in [0.3, 0.4) is 0 Å². The standard InChI is InChI=1S/C14H24N4O/c1-3-19-10-13-16-12(15)9-14(17-13)18(2)11-7-5-4-6-8-11/h9,11H,3-8,10H2,1-2H3,(H2,15,16,17). The fourth-order valence-electron chi connectivity index (χ4n) is 2.60. The van der Waals surface area contributed by atoms with E-state index in [-0.39, 0.29) is 0 Å². The summed E-state index contributed by atoms with van der Waals surface area (Å²) in [6.45, 7) is 3.04. The number of nitrogens with zero attached hydrogens (tertiary/aromatic N) is 3. The van der Waals surface area contributed by atoms with Gasteiger partial charge in [0.05, 0.1) is 0 Å². The van der Waals surface area contributed by atoms with Crippen molar-refractivity contribution in [1.82, 2.24) is 9.97 Å². The molecule has 0 radical (unpaired) electrons. The lowest BCUT2D eigenvalue weighted by molar-refractivity contribution is 0.128. The molecule has 1 fully saturated rings. The zero-order chi connectivity index (χ0) is 13.7. The first-order chi connectivity index (χ1) is 9.20. The fourth-order valence-corrected chi connectivity index (χ4v) is 2.60. The van der Waals surface area contributed by atoms with E-state index in [1.165, 1.54) is 32.1 Å². The molecule has 19 heavy (non-hydrogen) atoms. The van der Waals surface area contributed by atoms with Crippen LogP contribution in [0, 0.1) is 0 Å². The highest BCUT2D eigenvalue weighted by Gasteiger charge is 2.20. The summed E-state index contributed by atoms with van der Waals surface area (Å²) in [5.41, 5.74) is 5.87. The molecule has 0 unspecified atom stereocenters. The minimum Gasteiger partial charge on any atom is -0.384 e. The van der Waals surface area contributed by atoms with Crippen LogP contribution in [0.25, 0.3) is 0 Å². The van der Waals surface area contributed by atoms with Gasteiger partial charge in [0.2, 0.25) is 0 Å². The van der Waals surface area contributed by atoms with Crippen LogP contribution in [0.5, 0.6) is 0 Å². The van der Waals surface area contributed by atoms with Gasteiger partial charge in [0.1, 0.15) is 18.2 Å². The monoisotopic (exact) mass is 264 g/mol. The molecule has 0 bridgehead atoms. The Balaban J connectivity index is 2.11. The third-order valence-corrected chi connectivity index (χ3v) is 3.70. The van der Waals surface area contributed by atoms with Crippen LogP contribution in [-0.2, 0) is 11.3 Å². The second kappa shape index (κ2) is 6.70. The van der Waals surface area contributed by atoms with Crippen LogP contribution in [0.1, 0.15) is 44.9 Å². The van der Waals surface area contributed by atoms with E-state index in [0.29, 0.717) is 30.9 Å².